The Labute approximate surface area is 169 Å². The standard InChI is InChI=1S/C24H21NO4/c26-20(29-19-10-8-16(9-11-19)15-4-2-1-3-5-15)12-13-25-23(27)21-17-6-7-18(14-17)22(21)24(25)28/h1-11,17-18,21-22H,12-14H2/t17-,18+,21-,22+. The van der Waals surface area contributed by atoms with Crippen LogP contribution in [-0.2, 0) is 14.4 Å². The largest absolute Gasteiger partial charge is 0.426 e. The molecule has 0 radical (unpaired) electrons. The van der Waals surface area contributed by atoms with Crippen molar-refractivity contribution >= 4 is 17.8 Å². The van der Waals surface area contributed by atoms with Crippen molar-refractivity contribution in [2.75, 3.05) is 6.54 Å². The maximum absolute atomic E-state index is 12.6. The molecule has 0 unspecified atom stereocenters. The van der Waals surface area contributed by atoms with E-state index in [9.17, 15) is 14.4 Å². The Morgan fingerprint density at radius 3 is 2.07 bits per heavy atom. The lowest BCUT2D eigenvalue weighted by molar-refractivity contribution is -0.142. The summed E-state index contributed by atoms with van der Waals surface area (Å²) < 4.78 is 5.38. The van der Waals surface area contributed by atoms with Crippen molar-refractivity contribution in [2.24, 2.45) is 23.7 Å². The minimum Gasteiger partial charge on any atom is -0.426 e. The topological polar surface area (TPSA) is 63.7 Å². The Kier molecular flexibility index (Phi) is 4.31. The molecule has 0 spiro atoms. The van der Waals surface area contributed by atoms with Crippen LogP contribution >= 0.6 is 0 Å². The second kappa shape index (κ2) is 6.99. The van der Waals surface area contributed by atoms with Crippen LogP contribution in [0, 0.1) is 23.7 Å². The Balaban J connectivity index is 1.18. The molecule has 2 amide bonds. The summed E-state index contributed by atoms with van der Waals surface area (Å²) in [6.07, 6.45) is 5.03. The summed E-state index contributed by atoms with van der Waals surface area (Å²) in [6.45, 7) is 0.0883. The smallest absolute Gasteiger partial charge is 0.312 e. The number of hydrogen-bond donors (Lipinski definition) is 0. The fourth-order valence-electron chi connectivity index (χ4n) is 4.92. The third kappa shape index (κ3) is 3.07. The molecule has 2 bridgehead atoms. The van der Waals surface area contributed by atoms with E-state index in [2.05, 4.69) is 12.2 Å². The first-order valence-corrected chi connectivity index (χ1v) is 10.0. The van der Waals surface area contributed by atoms with Crippen molar-refractivity contribution in [1.82, 2.24) is 4.90 Å². The number of ether oxygens (including phenoxy) is 1. The lowest BCUT2D eigenvalue weighted by Gasteiger charge is -2.16. The van der Waals surface area contributed by atoms with Crippen molar-refractivity contribution in [1.29, 1.82) is 0 Å². The molecule has 146 valence electrons. The summed E-state index contributed by atoms with van der Waals surface area (Å²) in [5.41, 5.74) is 2.12. The van der Waals surface area contributed by atoms with E-state index in [4.69, 9.17) is 4.74 Å². The van der Waals surface area contributed by atoms with Gasteiger partial charge >= 0.3 is 5.97 Å². The van der Waals surface area contributed by atoms with Gasteiger partial charge in [-0.2, -0.15) is 0 Å². The second-order valence-electron chi connectivity index (χ2n) is 7.94. The molecule has 1 saturated carbocycles. The van der Waals surface area contributed by atoms with Crippen LogP contribution in [0.1, 0.15) is 12.8 Å². The van der Waals surface area contributed by atoms with Crippen molar-refractivity contribution in [2.45, 2.75) is 12.8 Å². The predicted molar refractivity (Wildman–Crippen MR) is 107 cm³/mol. The fraction of sp³-hybridized carbons (Fsp3) is 0.292. The second-order valence-corrected chi connectivity index (χ2v) is 7.94. The van der Waals surface area contributed by atoms with Gasteiger partial charge in [0, 0.05) is 6.54 Å². The Morgan fingerprint density at radius 1 is 0.862 bits per heavy atom. The van der Waals surface area contributed by atoms with Gasteiger partial charge in [0.25, 0.3) is 0 Å². The molecule has 3 aliphatic rings. The van der Waals surface area contributed by atoms with Gasteiger partial charge in [0.1, 0.15) is 5.75 Å². The third-order valence-electron chi connectivity index (χ3n) is 6.29. The molecule has 2 aromatic rings. The molecule has 1 heterocycles. The number of rotatable bonds is 5. The molecule has 1 saturated heterocycles. The van der Waals surface area contributed by atoms with Crippen molar-refractivity contribution in [3.63, 3.8) is 0 Å². The summed E-state index contributed by atoms with van der Waals surface area (Å²) in [5.74, 6) is -0.334. The van der Waals surface area contributed by atoms with E-state index >= 15 is 0 Å². The van der Waals surface area contributed by atoms with E-state index in [1.165, 1.54) is 4.90 Å². The van der Waals surface area contributed by atoms with Crippen LogP contribution in [0.5, 0.6) is 5.75 Å². The summed E-state index contributed by atoms with van der Waals surface area (Å²) in [5, 5.41) is 0. The molecule has 1 aliphatic heterocycles. The highest BCUT2D eigenvalue weighted by Crippen LogP contribution is 2.52. The first-order chi connectivity index (χ1) is 14.1. The Bertz CT molecular complexity index is 965. The summed E-state index contributed by atoms with van der Waals surface area (Å²) in [4.78, 5) is 38.8. The van der Waals surface area contributed by atoms with Crippen LogP contribution in [0.2, 0.25) is 0 Å². The number of carbonyl (C=O) groups is 3. The van der Waals surface area contributed by atoms with Gasteiger partial charge in [0.15, 0.2) is 0 Å². The van der Waals surface area contributed by atoms with Crippen LogP contribution < -0.4 is 4.74 Å². The molecular formula is C24H21NO4. The predicted octanol–water partition coefficient (Wildman–Crippen LogP) is 3.46. The average molecular weight is 387 g/mol. The van der Waals surface area contributed by atoms with Gasteiger partial charge in [-0.15, -0.1) is 0 Å². The fourth-order valence-corrected chi connectivity index (χ4v) is 4.92. The highest BCUT2D eigenvalue weighted by atomic mass is 16.5. The van der Waals surface area contributed by atoms with Gasteiger partial charge in [0.05, 0.1) is 18.3 Å². The SMILES string of the molecule is O=C(CCN1C(=O)[C@@H]2[C@H](C1=O)[C@@H]1C=C[C@H]2C1)Oc1ccc(-c2ccccc2)cc1. The van der Waals surface area contributed by atoms with E-state index in [-0.39, 0.29) is 48.5 Å². The Hall–Kier alpha value is -3.21. The maximum Gasteiger partial charge on any atom is 0.312 e. The Morgan fingerprint density at radius 2 is 1.45 bits per heavy atom. The number of nitrogens with zero attached hydrogens (tertiary/aromatic N) is 1. The molecule has 2 fully saturated rings. The van der Waals surface area contributed by atoms with E-state index in [1.54, 1.807) is 12.1 Å². The van der Waals surface area contributed by atoms with Gasteiger partial charge in [-0.05, 0) is 41.5 Å². The quantitative estimate of drug-likeness (QED) is 0.341. The van der Waals surface area contributed by atoms with Gasteiger partial charge < -0.3 is 4.74 Å². The number of allylic oxidation sites excluding steroid dienone is 2. The number of hydrogen-bond acceptors (Lipinski definition) is 4. The molecular weight excluding hydrogens is 366 g/mol. The lowest BCUT2D eigenvalue weighted by atomic mass is 9.85. The summed E-state index contributed by atoms with van der Waals surface area (Å²) in [6, 6.07) is 17.2. The van der Waals surface area contributed by atoms with Gasteiger partial charge in [0.2, 0.25) is 11.8 Å². The molecule has 29 heavy (non-hydrogen) atoms. The number of fused-ring (bicyclic) bond motifs is 5. The average Bonchev–Trinajstić information content (AvgIpc) is 3.42. The van der Waals surface area contributed by atoms with Gasteiger partial charge in [-0.1, -0.05) is 54.6 Å². The van der Waals surface area contributed by atoms with Crippen molar-refractivity contribution in [3.8, 4) is 16.9 Å². The van der Waals surface area contributed by atoms with Crippen LogP contribution in [0.3, 0.4) is 0 Å². The van der Waals surface area contributed by atoms with E-state index in [1.807, 2.05) is 42.5 Å². The van der Waals surface area contributed by atoms with E-state index in [0.717, 1.165) is 17.5 Å². The number of likely N-dealkylation sites (tertiary alicyclic amines) is 1. The van der Waals surface area contributed by atoms with Crippen molar-refractivity contribution < 1.29 is 19.1 Å². The van der Waals surface area contributed by atoms with E-state index in [0.29, 0.717) is 5.75 Å². The highest BCUT2D eigenvalue weighted by Gasteiger charge is 2.59. The monoisotopic (exact) mass is 387 g/mol. The molecule has 0 aromatic heterocycles. The third-order valence-corrected chi connectivity index (χ3v) is 6.29. The van der Waals surface area contributed by atoms with Gasteiger partial charge in [-0.25, -0.2) is 0 Å². The molecule has 5 rings (SSSR count). The maximum atomic E-state index is 12.6. The van der Waals surface area contributed by atoms with Crippen LogP contribution in [-0.4, -0.2) is 29.2 Å². The number of carbonyl (C=O) groups excluding carboxylic acids is 3. The molecule has 2 aromatic carbocycles. The first-order valence-electron chi connectivity index (χ1n) is 10.0. The molecule has 2 aliphatic carbocycles. The number of amides is 2. The molecule has 5 nitrogen and oxygen atoms in total. The van der Waals surface area contributed by atoms with Crippen LogP contribution in [0.25, 0.3) is 11.1 Å². The molecule has 5 heteroatoms. The zero-order valence-corrected chi connectivity index (χ0v) is 15.9. The van der Waals surface area contributed by atoms with Crippen LogP contribution in [0.15, 0.2) is 66.7 Å². The summed E-state index contributed by atoms with van der Waals surface area (Å²) in [7, 11) is 0. The molecule has 0 N–H and O–H groups in total. The van der Waals surface area contributed by atoms with E-state index < -0.39 is 5.97 Å². The zero-order chi connectivity index (χ0) is 20.0. The number of imide groups is 1. The van der Waals surface area contributed by atoms with Crippen molar-refractivity contribution in [3.05, 3.63) is 66.7 Å². The highest BCUT2D eigenvalue weighted by molar-refractivity contribution is 6.06. The first kappa shape index (κ1) is 17.9. The zero-order valence-electron chi connectivity index (χ0n) is 15.9. The minimum absolute atomic E-state index is 0.000118. The molecule has 4 atom stereocenters. The number of benzene rings is 2. The van der Waals surface area contributed by atoms with Gasteiger partial charge in [-0.3, -0.25) is 19.3 Å². The minimum atomic E-state index is -0.448. The lowest BCUT2D eigenvalue weighted by Crippen LogP contribution is -2.35. The van der Waals surface area contributed by atoms with Crippen LogP contribution in [0.4, 0.5) is 0 Å². The number of esters is 1. The summed E-state index contributed by atoms with van der Waals surface area (Å²) >= 11 is 0. The normalized spacial score (nSPS) is 26.8.